The minimum atomic E-state index is -0.694. The number of hydrogen-bond donors (Lipinski definition) is 2. The van der Waals surface area contributed by atoms with E-state index in [2.05, 4.69) is 5.32 Å². The summed E-state index contributed by atoms with van der Waals surface area (Å²) in [6.07, 6.45) is 1.59. The number of carbonyl (C=O) groups excluding carboxylic acids is 1. The lowest BCUT2D eigenvalue weighted by Gasteiger charge is -2.32. The number of furan rings is 1. The normalized spacial score (nSPS) is 12.9. The first-order valence-corrected chi connectivity index (χ1v) is 8.20. The number of aromatic hydroxyl groups is 1. The zero-order valence-electron chi connectivity index (χ0n) is 13.0. The van der Waals surface area contributed by atoms with Gasteiger partial charge in [0.05, 0.1) is 23.4 Å². The Morgan fingerprint density at radius 3 is 2.64 bits per heavy atom. The molecule has 0 aliphatic heterocycles. The summed E-state index contributed by atoms with van der Waals surface area (Å²) in [5.74, 6) is 1.53. The minimum absolute atomic E-state index is 0.0827. The Balaban J connectivity index is 2.36. The second kappa shape index (κ2) is 6.92. The molecular formula is C17H21NO3S. The van der Waals surface area contributed by atoms with Crippen molar-refractivity contribution in [1.82, 2.24) is 0 Å². The molecule has 0 saturated carbocycles. The zero-order chi connectivity index (χ0) is 16.2. The molecular weight excluding hydrogens is 298 g/mol. The smallest absolute Gasteiger partial charge is 0.197 e. The van der Waals surface area contributed by atoms with Crippen molar-refractivity contribution in [2.24, 2.45) is 5.41 Å². The SMILES string of the molecule is CCSC(=O)C(C)(C)[C@@H](Nc1ccccc1O)c1ccco1. The Labute approximate surface area is 134 Å². The molecule has 0 spiro atoms. The second-order valence-electron chi connectivity index (χ2n) is 5.55. The topological polar surface area (TPSA) is 62.5 Å². The van der Waals surface area contributed by atoms with Gasteiger partial charge in [0.1, 0.15) is 11.5 Å². The number of benzene rings is 1. The molecule has 0 bridgehead atoms. The van der Waals surface area contributed by atoms with Gasteiger partial charge in [-0.3, -0.25) is 4.79 Å². The van der Waals surface area contributed by atoms with Crippen LogP contribution in [0.15, 0.2) is 47.1 Å². The van der Waals surface area contributed by atoms with Crippen LogP contribution in [0.3, 0.4) is 0 Å². The number of phenols is 1. The highest BCUT2D eigenvalue weighted by Crippen LogP contribution is 2.41. The van der Waals surface area contributed by atoms with E-state index < -0.39 is 5.41 Å². The summed E-state index contributed by atoms with van der Waals surface area (Å²) in [7, 11) is 0. The van der Waals surface area contributed by atoms with E-state index >= 15 is 0 Å². The fraction of sp³-hybridized carbons (Fsp3) is 0.353. The molecule has 2 rings (SSSR count). The van der Waals surface area contributed by atoms with E-state index in [0.717, 1.165) is 5.75 Å². The molecule has 22 heavy (non-hydrogen) atoms. The van der Waals surface area contributed by atoms with Crippen LogP contribution >= 0.6 is 11.8 Å². The number of nitrogens with one attached hydrogen (secondary N) is 1. The molecule has 0 unspecified atom stereocenters. The van der Waals surface area contributed by atoms with Gasteiger partial charge in [0.15, 0.2) is 5.12 Å². The molecule has 1 atom stereocenters. The number of hydrogen-bond acceptors (Lipinski definition) is 5. The standard InChI is InChI=1S/C17H21NO3S/c1-4-22-16(20)17(2,3)15(14-10-7-11-21-14)18-12-8-5-6-9-13(12)19/h5-11,15,18-19H,4H2,1-3H3/t15-/m0/s1. The molecule has 1 aromatic heterocycles. The number of para-hydroxylation sites is 2. The lowest BCUT2D eigenvalue weighted by molar-refractivity contribution is -0.119. The van der Waals surface area contributed by atoms with Gasteiger partial charge in [-0.2, -0.15) is 0 Å². The molecule has 0 aliphatic carbocycles. The van der Waals surface area contributed by atoms with Crippen molar-refractivity contribution in [2.75, 3.05) is 11.1 Å². The fourth-order valence-corrected chi connectivity index (χ4v) is 3.00. The van der Waals surface area contributed by atoms with E-state index in [9.17, 15) is 9.90 Å². The van der Waals surface area contributed by atoms with E-state index in [4.69, 9.17) is 4.42 Å². The Morgan fingerprint density at radius 2 is 2.05 bits per heavy atom. The summed E-state index contributed by atoms with van der Waals surface area (Å²) in [6, 6.07) is 10.2. The molecule has 0 radical (unpaired) electrons. The highest BCUT2D eigenvalue weighted by Gasteiger charge is 2.39. The summed E-state index contributed by atoms with van der Waals surface area (Å²) in [5, 5.41) is 13.3. The molecule has 5 heteroatoms. The highest BCUT2D eigenvalue weighted by molar-refractivity contribution is 8.13. The number of anilines is 1. The quantitative estimate of drug-likeness (QED) is 0.771. The monoisotopic (exact) mass is 319 g/mol. The molecule has 118 valence electrons. The van der Waals surface area contributed by atoms with Gasteiger partial charge in [-0.05, 0) is 43.9 Å². The fourth-order valence-electron chi connectivity index (χ4n) is 2.25. The molecule has 4 nitrogen and oxygen atoms in total. The van der Waals surface area contributed by atoms with Crippen molar-refractivity contribution >= 4 is 22.6 Å². The highest BCUT2D eigenvalue weighted by atomic mass is 32.2. The van der Waals surface area contributed by atoms with Crippen molar-refractivity contribution < 1.29 is 14.3 Å². The molecule has 0 saturated heterocycles. The Hall–Kier alpha value is -1.88. The molecule has 1 heterocycles. The summed E-state index contributed by atoms with van der Waals surface area (Å²) >= 11 is 1.30. The van der Waals surface area contributed by atoms with Gasteiger partial charge in [-0.15, -0.1) is 0 Å². The van der Waals surface area contributed by atoms with Gasteiger partial charge in [0.2, 0.25) is 0 Å². The van der Waals surface area contributed by atoms with Crippen LogP contribution in [0.2, 0.25) is 0 Å². The maximum atomic E-state index is 12.5. The van der Waals surface area contributed by atoms with Crippen LogP contribution in [0.1, 0.15) is 32.6 Å². The Kier molecular flexibility index (Phi) is 5.19. The van der Waals surface area contributed by atoms with Gasteiger partial charge in [0, 0.05) is 0 Å². The van der Waals surface area contributed by atoms with Gasteiger partial charge >= 0.3 is 0 Å². The summed E-state index contributed by atoms with van der Waals surface area (Å²) < 4.78 is 5.52. The summed E-state index contributed by atoms with van der Waals surface area (Å²) in [6.45, 7) is 5.73. The third kappa shape index (κ3) is 3.47. The van der Waals surface area contributed by atoms with E-state index in [-0.39, 0.29) is 16.9 Å². The molecule has 1 aromatic carbocycles. The van der Waals surface area contributed by atoms with Crippen LogP contribution in [0.25, 0.3) is 0 Å². The van der Waals surface area contributed by atoms with Crippen molar-refractivity contribution in [1.29, 1.82) is 0 Å². The van der Waals surface area contributed by atoms with Crippen LogP contribution in [-0.4, -0.2) is 16.0 Å². The third-order valence-electron chi connectivity index (χ3n) is 3.55. The largest absolute Gasteiger partial charge is 0.506 e. The number of thioether (sulfide) groups is 1. The van der Waals surface area contributed by atoms with Crippen LogP contribution in [0.4, 0.5) is 5.69 Å². The van der Waals surface area contributed by atoms with E-state index in [1.54, 1.807) is 30.5 Å². The van der Waals surface area contributed by atoms with E-state index in [1.807, 2.05) is 32.9 Å². The van der Waals surface area contributed by atoms with Gasteiger partial charge < -0.3 is 14.8 Å². The van der Waals surface area contributed by atoms with Crippen molar-refractivity contribution in [3.63, 3.8) is 0 Å². The van der Waals surface area contributed by atoms with E-state index in [1.165, 1.54) is 11.8 Å². The first kappa shape index (κ1) is 16.5. The van der Waals surface area contributed by atoms with Crippen LogP contribution in [0.5, 0.6) is 5.75 Å². The third-order valence-corrected chi connectivity index (χ3v) is 4.63. The van der Waals surface area contributed by atoms with Crippen LogP contribution in [-0.2, 0) is 4.79 Å². The minimum Gasteiger partial charge on any atom is -0.506 e. The van der Waals surface area contributed by atoms with Gasteiger partial charge in [-0.25, -0.2) is 0 Å². The molecule has 0 amide bonds. The number of carbonyl (C=O) groups is 1. The lowest BCUT2D eigenvalue weighted by Crippen LogP contribution is -2.34. The maximum Gasteiger partial charge on any atom is 0.197 e. The lowest BCUT2D eigenvalue weighted by atomic mass is 9.84. The molecule has 0 fully saturated rings. The summed E-state index contributed by atoms with van der Waals surface area (Å²) in [5.41, 5.74) is -0.118. The first-order valence-electron chi connectivity index (χ1n) is 7.22. The Bertz CT molecular complexity index is 623. The predicted octanol–water partition coefficient (Wildman–Crippen LogP) is 4.44. The first-order chi connectivity index (χ1) is 10.5. The van der Waals surface area contributed by atoms with E-state index in [0.29, 0.717) is 11.4 Å². The Morgan fingerprint density at radius 1 is 1.32 bits per heavy atom. The average molecular weight is 319 g/mol. The zero-order valence-corrected chi connectivity index (χ0v) is 13.8. The molecule has 2 aromatic rings. The average Bonchev–Trinajstić information content (AvgIpc) is 3.00. The van der Waals surface area contributed by atoms with Crippen molar-refractivity contribution in [3.8, 4) is 5.75 Å². The summed E-state index contributed by atoms with van der Waals surface area (Å²) in [4.78, 5) is 12.5. The van der Waals surface area contributed by atoms with Crippen molar-refractivity contribution in [2.45, 2.75) is 26.8 Å². The molecule has 2 N–H and O–H groups in total. The maximum absolute atomic E-state index is 12.5. The van der Waals surface area contributed by atoms with Gasteiger partial charge in [-0.1, -0.05) is 30.8 Å². The predicted molar refractivity (Wildman–Crippen MR) is 90.1 cm³/mol. The number of phenolic OH excluding ortho intramolecular Hbond substituents is 1. The van der Waals surface area contributed by atoms with Crippen LogP contribution < -0.4 is 5.32 Å². The molecule has 0 aliphatic rings. The second-order valence-corrected chi connectivity index (χ2v) is 6.79. The van der Waals surface area contributed by atoms with Crippen LogP contribution in [0, 0.1) is 5.41 Å². The number of rotatable bonds is 6. The van der Waals surface area contributed by atoms with Gasteiger partial charge in [0.25, 0.3) is 0 Å². The van der Waals surface area contributed by atoms with Crippen molar-refractivity contribution in [3.05, 3.63) is 48.4 Å².